The van der Waals surface area contributed by atoms with Crippen LogP contribution in [0.4, 0.5) is 0 Å². The van der Waals surface area contributed by atoms with Crippen molar-refractivity contribution in [3.8, 4) is 0 Å². The second-order valence-electron chi connectivity index (χ2n) is 8.48. The first-order valence-electron chi connectivity index (χ1n) is 10.7. The van der Waals surface area contributed by atoms with E-state index in [2.05, 4.69) is 90.7 Å². The third-order valence-electron chi connectivity index (χ3n) is 6.74. The molecule has 0 spiro atoms. The lowest BCUT2D eigenvalue weighted by molar-refractivity contribution is -0.138. The molecule has 2 aromatic rings. The number of amides is 1. The minimum Gasteiger partial charge on any atom is -0.342 e. The number of rotatable bonds is 7. The van der Waals surface area contributed by atoms with Crippen molar-refractivity contribution in [2.45, 2.75) is 31.2 Å². The zero-order valence-corrected chi connectivity index (χ0v) is 18.3. The highest BCUT2D eigenvalue weighted by Gasteiger charge is 2.40. The largest absolute Gasteiger partial charge is 0.342 e. The maximum absolute atomic E-state index is 13.5. The van der Waals surface area contributed by atoms with Crippen LogP contribution in [-0.2, 0) is 10.3 Å². The monoisotopic (exact) mass is 393 g/mol. The van der Waals surface area contributed by atoms with Crippen LogP contribution < -0.4 is 5.32 Å². The van der Waals surface area contributed by atoms with Gasteiger partial charge in [0.2, 0.25) is 5.91 Å². The highest BCUT2D eigenvalue weighted by Crippen LogP contribution is 2.38. The number of carbonyl (C=O) groups is 1. The molecule has 1 saturated heterocycles. The molecule has 29 heavy (non-hydrogen) atoms. The summed E-state index contributed by atoms with van der Waals surface area (Å²) in [4.78, 5) is 17.9. The van der Waals surface area contributed by atoms with Gasteiger partial charge >= 0.3 is 0 Å². The average molecular weight is 394 g/mol. The smallest absolute Gasteiger partial charge is 0.227 e. The van der Waals surface area contributed by atoms with Gasteiger partial charge in [-0.1, -0.05) is 67.6 Å². The predicted octanol–water partition coefficient (Wildman–Crippen LogP) is 3.71. The van der Waals surface area contributed by atoms with Crippen LogP contribution in [0.3, 0.4) is 0 Å². The Morgan fingerprint density at radius 1 is 1.03 bits per heavy atom. The summed E-state index contributed by atoms with van der Waals surface area (Å²) in [6.07, 6.45) is 1.92. The van der Waals surface area contributed by atoms with Crippen LogP contribution in [0.1, 0.15) is 36.8 Å². The topological polar surface area (TPSA) is 35.6 Å². The Bertz CT molecular complexity index is 767. The van der Waals surface area contributed by atoms with Crippen molar-refractivity contribution in [2.24, 2.45) is 5.92 Å². The Hall–Kier alpha value is -2.17. The van der Waals surface area contributed by atoms with Crippen LogP contribution in [0, 0.1) is 5.92 Å². The average Bonchev–Trinajstić information content (AvgIpc) is 2.77. The van der Waals surface area contributed by atoms with Crippen LogP contribution in [0.15, 0.2) is 60.7 Å². The zero-order chi connectivity index (χ0) is 20.9. The number of piperidine rings is 1. The van der Waals surface area contributed by atoms with E-state index in [1.54, 1.807) is 0 Å². The summed E-state index contributed by atoms with van der Waals surface area (Å²) in [6.45, 7) is 4.47. The molecular weight excluding hydrogens is 358 g/mol. The molecule has 4 heteroatoms. The molecule has 1 aliphatic heterocycles. The maximum atomic E-state index is 13.5. The third kappa shape index (κ3) is 4.54. The van der Waals surface area contributed by atoms with E-state index >= 15 is 0 Å². The number of likely N-dealkylation sites (tertiary alicyclic amines) is 1. The number of hydrogen-bond acceptors (Lipinski definition) is 3. The third-order valence-corrected chi connectivity index (χ3v) is 6.74. The van der Waals surface area contributed by atoms with Crippen molar-refractivity contribution >= 4 is 5.91 Å². The lowest BCUT2D eigenvalue weighted by atomic mass is 9.79. The fourth-order valence-corrected chi connectivity index (χ4v) is 4.76. The van der Waals surface area contributed by atoms with E-state index in [9.17, 15) is 4.79 Å². The van der Waals surface area contributed by atoms with E-state index in [1.165, 1.54) is 11.1 Å². The minimum atomic E-state index is -0.0500. The first-order valence-corrected chi connectivity index (χ1v) is 10.7. The molecule has 0 aromatic heterocycles. The Morgan fingerprint density at radius 2 is 1.59 bits per heavy atom. The molecule has 0 aliphatic carbocycles. The first kappa shape index (κ1) is 21.5. The highest BCUT2D eigenvalue weighted by molar-refractivity contribution is 5.80. The highest BCUT2D eigenvalue weighted by atomic mass is 16.2. The van der Waals surface area contributed by atoms with Crippen LogP contribution in [-0.4, -0.2) is 56.5 Å². The van der Waals surface area contributed by atoms with Gasteiger partial charge in [0.1, 0.15) is 0 Å². The molecule has 0 radical (unpaired) electrons. The van der Waals surface area contributed by atoms with Gasteiger partial charge in [0.25, 0.3) is 0 Å². The van der Waals surface area contributed by atoms with Crippen LogP contribution in [0.2, 0.25) is 0 Å². The van der Waals surface area contributed by atoms with E-state index in [0.29, 0.717) is 6.54 Å². The maximum Gasteiger partial charge on any atom is 0.227 e. The number of benzene rings is 2. The molecule has 2 aromatic carbocycles. The lowest BCUT2D eigenvalue weighted by Gasteiger charge is -2.47. The number of nitrogens with zero attached hydrogens (tertiary/aromatic N) is 2. The molecule has 1 aliphatic rings. The van der Waals surface area contributed by atoms with Gasteiger partial charge in [-0.3, -0.25) is 9.69 Å². The van der Waals surface area contributed by atoms with Gasteiger partial charge in [0.05, 0.1) is 5.92 Å². The van der Waals surface area contributed by atoms with Gasteiger partial charge in [-0.2, -0.15) is 0 Å². The molecule has 1 fully saturated rings. The van der Waals surface area contributed by atoms with Crippen molar-refractivity contribution in [1.29, 1.82) is 0 Å². The summed E-state index contributed by atoms with van der Waals surface area (Å²) < 4.78 is 0. The Balaban J connectivity index is 1.75. The molecule has 1 N–H and O–H groups in total. The summed E-state index contributed by atoms with van der Waals surface area (Å²) in [5.41, 5.74) is 2.58. The zero-order valence-electron chi connectivity index (χ0n) is 18.3. The van der Waals surface area contributed by atoms with E-state index in [1.807, 2.05) is 13.1 Å². The summed E-state index contributed by atoms with van der Waals surface area (Å²) in [5, 5.41) is 3.24. The molecule has 2 atom stereocenters. The second kappa shape index (κ2) is 9.55. The van der Waals surface area contributed by atoms with Gasteiger partial charge in [-0.25, -0.2) is 0 Å². The van der Waals surface area contributed by atoms with E-state index in [0.717, 1.165) is 25.9 Å². The molecule has 1 amide bonds. The number of nitrogens with one attached hydrogen (secondary N) is 1. The van der Waals surface area contributed by atoms with Gasteiger partial charge in [-0.15, -0.1) is 0 Å². The van der Waals surface area contributed by atoms with Crippen LogP contribution >= 0.6 is 0 Å². The first-order chi connectivity index (χ1) is 14.0. The number of carbonyl (C=O) groups excluding carboxylic acids is 1. The quantitative estimate of drug-likeness (QED) is 0.779. The van der Waals surface area contributed by atoms with E-state index in [4.69, 9.17) is 0 Å². The normalized spacial score (nSPS) is 18.4. The summed E-state index contributed by atoms with van der Waals surface area (Å²) in [5.74, 6) is 0.410. The van der Waals surface area contributed by atoms with Crippen LogP contribution in [0.25, 0.3) is 0 Å². The van der Waals surface area contributed by atoms with Gasteiger partial charge in [0.15, 0.2) is 0 Å². The molecule has 4 nitrogen and oxygen atoms in total. The van der Waals surface area contributed by atoms with Crippen LogP contribution in [0.5, 0.6) is 0 Å². The van der Waals surface area contributed by atoms with E-state index in [-0.39, 0.29) is 23.3 Å². The van der Waals surface area contributed by atoms with Gasteiger partial charge < -0.3 is 10.2 Å². The minimum absolute atomic E-state index is 0.00158. The molecule has 0 saturated carbocycles. The van der Waals surface area contributed by atoms with Crippen molar-refractivity contribution in [2.75, 3.05) is 40.8 Å². The fourth-order valence-electron chi connectivity index (χ4n) is 4.76. The second-order valence-corrected chi connectivity index (χ2v) is 8.48. The standard InChI is InChI=1S/C25H35N3O/c1-20(21-11-7-5-8-12-21)23(19-26-2)24(29)28-17-15-25(16-18-28,27(3)4)22-13-9-6-10-14-22/h5-14,20,23,26H,15-19H2,1-4H3/t20-,23+/m1/s1. The summed E-state index contributed by atoms with van der Waals surface area (Å²) in [7, 11) is 6.25. The van der Waals surface area contributed by atoms with Crippen molar-refractivity contribution in [3.05, 3.63) is 71.8 Å². The Labute approximate surface area is 175 Å². The number of hydrogen-bond donors (Lipinski definition) is 1. The van der Waals surface area contributed by atoms with Crippen molar-refractivity contribution in [1.82, 2.24) is 15.1 Å². The summed E-state index contributed by atoms with van der Waals surface area (Å²) >= 11 is 0. The molecule has 0 bridgehead atoms. The molecule has 3 rings (SSSR count). The molecule has 156 valence electrons. The summed E-state index contributed by atoms with van der Waals surface area (Å²) in [6, 6.07) is 21.1. The Kier molecular flexibility index (Phi) is 7.09. The Morgan fingerprint density at radius 3 is 2.10 bits per heavy atom. The van der Waals surface area contributed by atoms with Gasteiger partial charge in [-0.05, 0) is 51.0 Å². The fraction of sp³-hybridized carbons (Fsp3) is 0.480. The molecule has 0 unspecified atom stereocenters. The van der Waals surface area contributed by atoms with E-state index < -0.39 is 0 Å². The lowest BCUT2D eigenvalue weighted by Crippen LogP contribution is -2.53. The van der Waals surface area contributed by atoms with Crippen molar-refractivity contribution < 1.29 is 4.79 Å². The molecule has 1 heterocycles. The van der Waals surface area contributed by atoms with Crippen molar-refractivity contribution in [3.63, 3.8) is 0 Å². The predicted molar refractivity (Wildman–Crippen MR) is 120 cm³/mol. The van der Waals surface area contributed by atoms with Gasteiger partial charge in [0, 0.05) is 25.2 Å². The molecular formula is C25H35N3O. The SMILES string of the molecule is CNC[C@H](C(=O)N1CCC(c2ccccc2)(N(C)C)CC1)[C@H](C)c1ccccc1.